The Morgan fingerprint density at radius 3 is 2.00 bits per heavy atom. The van der Waals surface area contributed by atoms with Crippen LogP contribution < -0.4 is 0 Å². The third kappa shape index (κ3) is 2.53. The van der Waals surface area contributed by atoms with Gasteiger partial charge in [-0.2, -0.15) is 0 Å². The standard InChI is InChI=1S/C15H22S2/c1-12-6-8-13(9-7-12)15(14(2,3)4)16-10-5-11-17-15/h6-9H,5,10-11H2,1-4H3. The zero-order valence-electron chi connectivity index (χ0n) is 11.2. The Kier molecular flexibility index (Phi) is 3.84. The van der Waals surface area contributed by atoms with Crippen LogP contribution in [0.25, 0.3) is 0 Å². The Hall–Kier alpha value is -0.0800. The van der Waals surface area contributed by atoms with Gasteiger partial charge in [0.05, 0.1) is 4.08 Å². The maximum atomic E-state index is 2.37. The quantitative estimate of drug-likeness (QED) is 0.696. The molecule has 0 aromatic heterocycles. The van der Waals surface area contributed by atoms with Crippen LogP contribution in [0, 0.1) is 12.3 Å². The lowest BCUT2D eigenvalue weighted by atomic mass is 9.86. The van der Waals surface area contributed by atoms with E-state index in [-0.39, 0.29) is 9.49 Å². The Balaban J connectivity index is 2.43. The minimum atomic E-state index is 0.235. The molecule has 1 aromatic rings. The van der Waals surface area contributed by atoms with Crippen LogP contribution in [0.4, 0.5) is 0 Å². The van der Waals surface area contributed by atoms with Crippen molar-refractivity contribution in [1.29, 1.82) is 0 Å². The monoisotopic (exact) mass is 266 g/mol. The van der Waals surface area contributed by atoms with E-state index in [1.165, 1.54) is 29.1 Å². The van der Waals surface area contributed by atoms with Gasteiger partial charge >= 0.3 is 0 Å². The Morgan fingerprint density at radius 2 is 1.53 bits per heavy atom. The van der Waals surface area contributed by atoms with E-state index in [4.69, 9.17) is 0 Å². The molecule has 1 aromatic carbocycles. The molecule has 2 rings (SSSR count). The minimum Gasteiger partial charge on any atom is -0.139 e. The molecule has 0 nitrogen and oxygen atoms in total. The summed E-state index contributed by atoms with van der Waals surface area (Å²) < 4.78 is 0.235. The lowest BCUT2D eigenvalue weighted by Gasteiger charge is -2.46. The van der Waals surface area contributed by atoms with E-state index in [1.807, 2.05) is 0 Å². The molecule has 1 saturated heterocycles. The molecule has 0 saturated carbocycles. The van der Waals surface area contributed by atoms with Crippen LogP contribution in [-0.2, 0) is 4.08 Å². The van der Waals surface area contributed by atoms with Gasteiger partial charge in [0.15, 0.2) is 0 Å². The normalized spacial score (nSPS) is 20.2. The number of benzene rings is 1. The van der Waals surface area contributed by atoms with Crippen molar-refractivity contribution in [3.63, 3.8) is 0 Å². The maximum absolute atomic E-state index is 2.37. The predicted molar refractivity (Wildman–Crippen MR) is 81.8 cm³/mol. The fraction of sp³-hybridized carbons (Fsp3) is 0.600. The van der Waals surface area contributed by atoms with Gasteiger partial charge in [-0.1, -0.05) is 50.6 Å². The smallest absolute Gasteiger partial charge is 0.0908 e. The van der Waals surface area contributed by atoms with Crippen molar-refractivity contribution in [3.8, 4) is 0 Å². The molecule has 0 bridgehead atoms. The molecule has 94 valence electrons. The summed E-state index contributed by atoms with van der Waals surface area (Å²) in [7, 11) is 0. The summed E-state index contributed by atoms with van der Waals surface area (Å²) in [5.41, 5.74) is 3.13. The van der Waals surface area contributed by atoms with Gasteiger partial charge in [0.25, 0.3) is 0 Å². The van der Waals surface area contributed by atoms with Gasteiger partial charge in [0.1, 0.15) is 0 Å². The predicted octanol–water partition coefficient (Wildman–Crippen LogP) is 5.06. The molecule has 0 aliphatic carbocycles. The van der Waals surface area contributed by atoms with Crippen molar-refractivity contribution in [1.82, 2.24) is 0 Å². The average Bonchev–Trinajstić information content (AvgIpc) is 2.29. The molecule has 1 aliphatic rings. The third-order valence-electron chi connectivity index (χ3n) is 3.32. The van der Waals surface area contributed by atoms with Crippen LogP contribution in [-0.4, -0.2) is 11.5 Å². The molecule has 0 unspecified atom stereocenters. The lowest BCUT2D eigenvalue weighted by Crippen LogP contribution is -2.36. The largest absolute Gasteiger partial charge is 0.139 e. The Bertz CT molecular complexity index is 367. The van der Waals surface area contributed by atoms with Crippen molar-refractivity contribution in [3.05, 3.63) is 35.4 Å². The SMILES string of the molecule is Cc1ccc(C2(C(C)(C)C)SCCCS2)cc1. The highest BCUT2D eigenvalue weighted by atomic mass is 32.2. The van der Waals surface area contributed by atoms with Crippen LogP contribution >= 0.6 is 23.5 Å². The highest BCUT2D eigenvalue weighted by Gasteiger charge is 2.45. The molecular formula is C15H22S2. The van der Waals surface area contributed by atoms with Gasteiger partial charge in [-0.3, -0.25) is 0 Å². The number of hydrogen-bond acceptors (Lipinski definition) is 2. The average molecular weight is 266 g/mol. The fourth-order valence-electron chi connectivity index (χ4n) is 2.34. The lowest BCUT2D eigenvalue weighted by molar-refractivity contribution is 0.371. The van der Waals surface area contributed by atoms with Crippen LogP contribution in [0.1, 0.15) is 38.3 Å². The second-order valence-corrected chi connectivity index (χ2v) is 8.66. The zero-order chi connectivity index (χ0) is 12.5. The summed E-state index contributed by atoms with van der Waals surface area (Å²) in [4.78, 5) is 0. The topological polar surface area (TPSA) is 0 Å². The van der Waals surface area contributed by atoms with E-state index in [1.54, 1.807) is 0 Å². The van der Waals surface area contributed by atoms with Crippen molar-refractivity contribution < 1.29 is 0 Å². The molecule has 17 heavy (non-hydrogen) atoms. The summed E-state index contributed by atoms with van der Waals surface area (Å²) >= 11 is 4.28. The Labute approximate surface area is 114 Å². The first kappa shape index (κ1) is 13.4. The molecule has 0 amide bonds. The van der Waals surface area contributed by atoms with Crippen LogP contribution in [0.2, 0.25) is 0 Å². The summed E-state index contributed by atoms with van der Waals surface area (Å²) in [6.45, 7) is 9.28. The molecule has 0 spiro atoms. The van der Waals surface area contributed by atoms with E-state index in [9.17, 15) is 0 Å². The molecule has 1 fully saturated rings. The second kappa shape index (κ2) is 4.89. The zero-order valence-corrected chi connectivity index (χ0v) is 12.9. The summed E-state index contributed by atoms with van der Waals surface area (Å²) in [6, 6.07) is 9.15. The van der Waals surface area contributed by atoms with Crippen molar-refractivity contribution >= 4 is 23.5 Å². The fourth-order valence-corrected chi connectivity index (χ4v) is 5.98. The maximum Gasteiger partial charge on any atom is 0.0908 e. The summed E-state index contributed by atoms with van der Waals surface area (Å²) in [5, 5.41) is 0. The van der Waals surface area contributed by atoms with Gasteiger partial charge in [-0.05, 0) is 35.8 Å². The van der Waals surface area contributed by atoms with Gasteiger partial charge < -0.3 is 0 Å². The molecular weight excluding hydrogens is 244 g/mol. The first-order valence-electron chi connectivity index (χ1n) is 6.31. The van der Waals surface area contributed by atoms with Gasteiger partial charge in [0, 0.05) is 0 Å². The van der Waals surface area contributed by atoms with E-state index in [2.05, 4.69) is 75.5 Å². The Morgan fingerprint density at radius 1 is 1.00 bits per heavy atom. The van der Waals surface area contributed by atoms with Crippen LogP contribution in [0.5, 0.6) is 0 Å². The number of thioether (sulfide) groups is 2. The summed E-state index contributed by atoms with van der Waals surface area (Å²) in [6.07, 6.45) is 1.35. The van der Waals surface area contributed by atoms with E-state index < -0.39 is 0 Å². The summed E-state index contributed by atoms with van der Waals surface area (Å²) in [5.74, 6) is 2.58. The molecule has 1 aliphatic heterocycles. The van der Waals surface area contributed by atoms with E-state index >= 15 is 0 Å². The van der Waals surface area contributed by atoms with Gasteiger partial charge in [-0.25, -0.2) is 0 Å². The second-order valence-electron chi connectivity index (χ2n) is 5.78. The van der Waals surface area contributed by atoms with E-state index in [0.717, 1.165) is 0 Å². The number of rotatable bonds is 1. The number of hydrogen-bond donors (Lipinski definition) is 0. The number of aryl methyl sites for hydroxylation is 1. The van der Waals surface area contributed by atoms with Crippen LogP contribution in [0.3, 0.4) is 0 Å². The minimum absolute atomic E-state index is 0.235. The molecule has 0 N–H and O–H groups in total. The van der Waals surface area contributed by atoms with Crippen molar-refractivity contribution in [2.45, 2.75) is 38.2 Å². The molecule has 1 heterocycles. The van der Waals surface area contributed by atoms with Gasteiger partial charge in [0.2, 0.25) is 0 Å². The van der Waals surface area contributed by atoms with Crippen molar-refractivity contribution in [2.24, 2.45) is 5.41 Å². The molecule has 0 radical (unpaired) electrons. The van der Waals surface area contributed by atoms with Crippen LogP contribution in [0.15, 0.2) is 24.3 Å². The van der Waals surface area contributed by atoms with E-state index in [0.29, 0.717) is 0 Å². The highest BCUT2D eigenvalue weighted by molar-refractivity contribution is 8.18. The van der Waals surface area contributed by atoms with Gasteiger partial charge in [-0.15, -0.1) is 23.5 Å². The molecule has 2 heteroatoms. The third-order valence-corrected chi connectivity index (χ3v) is 7.52. The first-order valence-corrected chi connectivity index (χ1v) is 8.28. The molecule has 0 atom stereocenters. The highest BCUT2D eigenvalue weighted by Crippen LogP contribution is 2.60. The first-order chi connectivity index (χ1) is 7.96. The van der Waals surface area contributed by atoms with Crippen molar-refractivity contribution in [2.75, 3.05) is 11.5 Å².